The Morgan fingerprint density at radius 1 is 0.846 bits per heavy atom. The van der Waals surface area contributed by atoms with E-state index in [-0.39, 0.29) is 5.91 Å². The van der Waals surface area contributed by atoms with Crippen molar-refractivity contribution in [3.05, 3.63) is 54.1 Å². The van der Waals surface area contributed by atoms with E-state index in [4.69, 9.17) is 9.47 Å². The Balaban J connectivity index is 1.73. The zero-order chi connectivity index (χ0) is 18.6. The molecule has 0 spiro atoms. The number of rotatable bonds is 11. The summed E-state index contributed by atoms with van der Waals surface area (Å²) in [6, 6.07) is 14.5. The van der Waals surface area contributed by atoms with Gasteiger partial charge in [-0.05, 0) is 55.0 Å². The van der Waals surface area contributed by atoms with Gasteiger partial charge in [-0.1, -0.05) is 39.0 Å². The van der Waals surface area contributed by atoms with Crippen LogP contribution in [0.2, 0.25) is 0 Å². The van der Waals surface area contributed by atoms with Crippen LogP contribution in [-0.4, -0.2) is 19.6 Å². The molecule has 1 N–H and O–H groups in total. The second-order valence-corrected chi connectivity index (χ2v) is 6.32. The molecule has 0 aliphatic rings. The highest BCUT2D eigenvalue weighted by Crippen LogP contribution is 2.18. The van der Waals surface area contributed by atoms with Gasteiger partial charge in [-0.3, -0.25) is 4.79 Å². The fraction of sp³-hybridized carbons (Fsp3) is 0.409. The molecule has 0 fully saturated rings. The minimum Gasteiger partial charge on any atom is -0.497 e. The second kappa shape index (κ2) is 11.2. The topological polar surface area (TPSA) is 47.6 Å². The second-order valence-electron chi connectivity index (χ2n) is 6.32. The fourth-order valence-electron chi connectivity index (χ4n) is 2.65. The molecule has 0 aromatic heterocycles. The number of hydrogen-bond acceptors (Lipinski definition) is 3. The van der Waals surface area contributed by atoms with Gasteiger partial charge in [0.2, 0.25) is 0 Å². The molecule has 1 amide bonds. The van der Waals surface area contributed by atoms with Gasteiger partial charge in [0.05, 0.1) is 13.7 Å². The number of carbonyl (C=O) groups excluding carboxylic acids is 1. The summed E-state index contributed by atoms with van der Waals surface area (Å²) in [4.78, 5) is 12.2. The summed E-state index contributed by atoms with van der Waals surface area (Å²) in [5.41, 5.74) is 1.34. The standard InChI is InChI=1S/C22H29NO3/c1-3-4-5-6-7-8-17-26-21-15-11-19(12-16-21)23-22(24)18-9-13-20(25-2)14-10-18/h9-16H,3-8,17H2,1-2H3,(H,23,24). The zero-order valence-electron chi connectivity index (χ0n) is 15.8. The molecule has 0 bridgehead atoms. The van der Waals surface area contributed by atoms with Crippen LogP contribution >= 0.6 is 0 Å². The van der Waals surface area contributed by atoms with Crippen LogP contribution in [0.5, 0.6) is 11.5 Å². The smallest absolute Gasteiger partial charge is 0.255 e. The average Bonchev–Trinajstić information content (AvgIpc) is 2.68. The number of anilines is 1. The van der Waals surface area contributed by atoms with Crippen molar-refractivity contribution in [3.63, 3.8) is 0 Å². The van der Waals surface area contributed by atoms with Crippen molar-refractivity contribution in [3.8, 4) is 11.5 Å². The maximum absolute atomic E-state index is 12.2. The summed E-state index contributed by atoms with van der Waals surface area (Å²) in [7, 11) is 1.60. The highest BCUT2D eigenvalue weighted by atomic mass is 16.5. The van der Waals surface area contributed by atoms with E-state index in [9.17, 15) is 4.79 Å². The van der Waals surface area contributed by atoms with Crippen LogP contribution in [0.25, 0.3) is 0 Å². The molecule has 4 heteroatoms. The highest BCUT2D eigenvalue weighted by molar-refractivity contribution is 6.04. The monoisotopic (exact) mass is 355 g/mol. The highest BCUT2D eigenvalue weighted by Gasteiger charge is 2.06. The Morgan fingerprint density at radius 3 is 2.12 bits per heavy atom. The van der Waals surface area contributed by atoms with Gasteiger partial charge in [0.25, 0.3) is 5.91 Å². The summed E-state index contributed by atoms with van der Waals surface area (Å²) in [5, 5.41) is 2.88. The third-order valence-electron chi connectivity index (χ3n) is 4.23. The molecule has 2 aromatic rings. The van der Waals surface area contributed by atoms with Crippen molar-refractivity contribution in [1.82, 2.24) is 0 Å². The first kappa shape index (κ1) is 19.8. The maximum Gasteiger partial charge on any atom is 0.255 e. The van der Waals surface area contributed by atoms with Crippen LogP contribution in [0.3, 0.4) is 0 Å². The van der Waals surface area contributed by atoms with Crippen molar-refractivity contribution in [2.45, 2.75) is 45.4 Å². The van der Waals surface area contributed by atoms with Crippen LogP contribution in [0.15, 0.2) is 48.5 Å². The van der Waals surface area contributed by atoms with Gasteiger partial charge in [0, 0.05) is 11.3 Å². The minimum absolute atomic E-state index is 0.145. The predicted molar refractivity (Wildman–Crippen MR) is 106 cm³/mol. The summed E-state index contributed by atoms with van der Waals surface area (Å²) in [5.74, 6) is 1.42. The van der Waals surface area contributed by atoms with E-state index in [2.05, 4.69) is 12.2 Å². The first-order valence-electron chi connectivity index (χ1n) is 9.41. The van der Waals surface area contributed by atoms with Crippen LogP contribution in [0.4, 0.5) is 5.69 Å². The molecule has 2 aromatic carbocycles. The first-order valence-corrected chi connectivity index (χ1v) is 9.41. The number of ether oxygens (including phenoxy) is 2. The van der Waals surface area contributed by atoms with Crippen LogP contribution in [0, 0.1) is 0 Å². The van der Waals surface area contributed by atoms with Crippen molar-refractivity contribution in [2.75, 3.05) is 19.0 Å². The lowest BCUT2D eigenvalue weighted by Gasteiger charge is -2.09. The maximum atomic E-state index is 12.2. The normalized spacial score (nSPS) is 10.4. The van der Waals surface area contributed by atoms with Crippen molar-refractivity contribution >= 4 is 11.6 Å². The molecule has 0 heterocycles. The summed E-state index contributed by atoms with van der Waals surface area (Å²) in [6.45, 7) is 2.97. The summed E-state index contributed by atoms with van der Waals surface area (Å²) in [6.07, 6.45) is 7.50. The van der Waals surface area contributed by atoms with Gasteiger partial charge < -0.3 is 14.8 Å². The lowest BCUT2D eigenvalue weighted by Crippen LogP contribution is -2.11. The quantitative estimate of drug-likeness (QED) is 0.527. The Bertz CT molecular complexity index is 650. The molecule has 0 unspecified atom stereocenters. The van der Waals surface area contributed by atoms with E-state index in [1.807, 2.05) is 24.3 Å². The molecule has 0 saturated heterocycles. The average molecular weight is 355 g/mol. The minimum atomic E-state index is -0.145. The molecular weight excluding hydrogens is 326 g/mol. The van der Waals surface area contributed by atoms with Gasteiger partial charge in [0.15, 0.2) is 0 Å². The summed E-state index contributed by atoms with van der Waals surface area (Å²) < 4.78 is 10.9. The number of amides is 1. The summed E-state index contributed by atoms with van der Waals surface area (Å²) >= 11 is 0. The van der Waals surface area contributed by atoms with E-state index < -0.39 is 0 Å². The number of carbonyl (C=O) groups is 1. The van der Waals surface area contributed by atoms with E-state index in [1.165, 1.54) is 32.1 Å². The number of nitrogens with one attached hydrogen (secondary N) is 1. The van der Waals surface area contributed by atoms with Crippen molar-refractivity contribution in [1.29, 1.82) is 0 Å². The fourth-order valence-corrected chi connectivity index (χ4v) is 2.65. The Hall–Kier alpha value is -2.49. The number of hydrogen-bond donors (Lipinski definition) is 1. The molecule has 0 aliphatic carbocycles. The molecular formula is C22H29NO3. The molecule has 4 nitrogen and oxygen atoms in total. The Labute approximate surface area is 156 Å². The lowest BCUT2D eigenvalue weighted by atomic mass is 10.1. The van der Waals surface area contributed by atoms with E-state index in [1.54, 1.807) is 31.4 Å². The number of methoxy groups -OCH3 is 1. The molecule has 0 saturated carbocycles. The largest absolute Gasteiger partial charge is 0.497 e. The van der Waals surface area contributed by atoms with Crippen LogP contribution in [0.1, 0.15) is 55.8 Å². The third-order valence-corrected chi connectivity index (χ3v) is 4.23. The van der Waals surface area contributed by atoms with Gasteiger partial charge in [0.1, 0.15) is 11.5 Å². The van der Waals surface area contributed by atoms with Gasteiger partial charge >= 0.3 is 0 Å². The third kappa shape index (κ3) is 6.79. The van der Waals surface area contributed by atoms with Gasteiger partial charge in [-0.2, -0.15) is 0 Å². The van der Waals surface area contributed by atoms with E-state index >= 15 is 0 Å². The zero-order valence-corrected chi connectivity index (χ0v) is 15.8. The molecule has 26 heavy (non-hydrogen) atoms. The molecule has 2 rings (SSSR count). The SMILES string of the molecule is CCCCCCCCOc1ccc(NC(=O)c2ccc(OC)cc2)cc1. The predicted octanol–water partition coefficient (Wildman–Crippen LogP) is 5.69. The van der Waals surface area contributed by atoms with Crippen LogP contribution in [-0.2, 0) is 0 Å². The number of unbranched alkanes of at least 4 members (excludes halogenated alkanes) is 5. The first-order chi connectivity index (χ1) is 12.7. The molecule has 0 atom stereocenters. The van der Waals surface area contributed by atoms with Crippen molar-refractivity contribution < 1.29 is 14.3 Å². The van der Waals surface area contributed by atoms with E-state index in [0.29, 0.717) is 5.56 Å². The van der Waals surface area contributed by atoms with Gasteiger partial charge in [-0.25, -0.2) is 0 Å². The molecule has 0 aliphatic heterocycles. The Morgan fingerprint density at radius 2 is 1.46 bits per heavy atom. The molecule has 140 valence electrons. The van der Waals surface area contributed by atoms with Gasteiger partial charge in [-0.15, -0.1) is 0 Å². The van der Waals surface area contributed by atoms with Crippen LogP contribution < -0.4 is 14.8 Å². The Kier molecular flexibility index (Phi) is 8.53. The molecule has 0 radical (unpaired) electrons. The van der Waals surface area contributed by atoms with Crippen molar-refractivity contribution in [2.24, 2.45) is 0 Å². The number of benzene rings is 2. The lowest BCUT2D eigenvalue weighted by molar-refractivity contribution is 0.102. The van der Waals surface area contributed by atoms with E-state index in [0.717, 1.165) is 30.2 Å².